The van der Waals surface area contributed by atoms with E-state index in [9.17, 15) is 0 Å². The first kappa shape index (κ1) is 11.1. The van der Waals surface area contributed by atoms with Crippen LogP contribution in [0.2, 0.25) is 0 Å². The molecule has 92 valence electrons. The van der Waals surface area contributed by atoms with Crippen molar-refractivity contribution in [3.05, 3.63) is 29.8 Å². The minimum atomic E-state index is -0.0744. The number of ether oxygens (including phenoxy) is 1. The lowest BCUT2D eigenvalue weighted by Gasteiger charge is -2.27. The van der Waals surface area contributed by atoms with Crippen molar-refractivity contribution >= 4 is 0 Å². The van der Waals surface area contributed by atoms with Crippen LogP contribution in [0.5, 0.6) is 5.75 Å². The molecule has 2 N–H and O–H groups in total. The van der Waals surface area contributed by atoms with Crippen LogP contribution in [0, 0.1) is 0 Å². The second kappa shape index (κ2) is 4.34. The van der Waals surface area contributed by atoms with Crippen molar-refractivity contribution in [2.24, 2.45) is 5.73 Å². The van der Waals surface area contributed by atoms with E-state index >= 15 is 0 Å². The molecule has 0 aliphatic heterocycles. The Morgan fingerprint density at radius 1 is 1.00 bits per heavy atom. The first-order valence-corrected chi connectivity index (χ1v) is 6.82. The monoisotopic (exact) mass is 231 g/mol. The molecular formula is C15H21NO. The van der Waals surface area contributed by atoms with Crippen molar-refractivity contribution in [2.75, 3.05) is 0 Å². The maximum absolute atomic E-state index is 6.43. The molecule has 3 rings (SSSR count). The average Bonchev–Trinajstić information content (AvgIpc) is 2.73. The minimum absolute atomic E-state index is 0.0744. The molecule has 0 aromatic heterocycles. The second-order valence-electron chi connectivity index (χ2n) is 5.56. The number of rotatable bonds is 3. The predicted molar refractivity (Wildman–Crippen MR) is 69.0 cm³/mol. The summed E-state index contributed by atoms with van der Waals surface area (Å²) in [5.74, 6) is 1.00. The third kappa shape index (κ3) is 2.19. The van der Waals surface area contributed by atoms with Gasteiger partial charge >= 0.3 is 0 Å². The van der Waals surface area contributed by atoms with Crippen LogP contribution in [0.15, 0.2) is 24.3 Å². The molecule has 1 aromatic rings. The summed E-state index contributed by atoms with van der Waals surface area (Å²) in [6.45, 7) is 0. The van der Waals surface area contributed by atoms with E-state index in [1.54, 1.807) is 0 Å². The first-order chi connectivity index (χ1) is 8.26. The summed E-state index contributed by atoms with van der Waals surface area (Å²) in [4.78, 5) is 0. The maximum atomic E-state index is 6.43. The molecule has 0 heterocycles. The second-order valence-corrected chi connectivity index (χ2v) is 5.56. The Hall–Kier alpha value is -1.02. The lowest BCUT2D eigenvalue weighted by atomic mass is 9.89. The minimum Gasteiger partial charge on any atom is -0.490 e. The zero-order chi connectivity index (χ0) is 11.7. The molecule has 1 aromatic carbocycles. The smallest absolute Gasteiger partial charge is 0.119 e. The van der Waals surface area contributed by atoms with Crippen LogP contribution in [0.3, 0.4) is 0 Å². The zero-order valence-electron chi connectivity index (χ0n) is 10.3. The fourth-order valence-electron chi connectivity index (χ4n) is 2.84. The summed E-state index contributed by atoms with van der Waals surface area (Å²) >= 11 is 0. The Labute approximate surface area is 103 Å². The standard InChI is InChI=1S/C15H21NO/c16-15(10-1-2-11-15)12-6-8-14(9-7-12)17-13-4-3-5-13/h6-9,13H,1-5,10-11,16H2. The van der Waals surface area contributed by atoms with Crippen LogP contribution in [0.4, 0.5) is 0 Å². The Morgan fingerprint density at radius 3 is 2.18 bits per heavy atom. The Morgan fingerprint density at radius 2 is 1.65 bits per heavy atom. The summed E-state index contributed by atoms with van der Waals surface area (Å²) < 4.78 is 5.86. The molecule has 0 bridgehead atoms. The van der Waals surface area contributed by atoms with Gasteiger partial charge in [-0.3, -0.25) is 0 Å². The molecule has 0 saturated heterocycles. The molecule has 2 aliphatic carbocycles. The van der Waals surface area contributed by atoms with E-state index in [1.807, 2.05) is 0 Å². The van der Waals surface area contributed by atoms with Gasteiger partial charge in [-0.25, -0.2) is 0 Å². The van der Waals surface area contributed by atoms with E-state index in [-0.39, 0.29) is 5.54 Å². The molecule has 2 nitrogen and oxygen atoms in total. The molecule has 0 amide bonds. The molecule has 0 atom stereocenters. The fraction of sp³-hybridized carbons (Fsp3) is 0.600. The Kier molecular flexibility index (Phi) is 2.83. The molecule has 2 fully saturated rings. The third-order valence-electron chi connectivity index (χ3n) is 4.28. The van der Waals surface area contributed by atoms with Gasteiger partial charge in [-0.2, -0.15) is 0 Å². The maximum Gasteiger partial charge on any atom is 0.119 e. The van der Waals surface area contributed by atoms with Crippen LogP contribution in [-0.4, -0.2) is 6.10 Å². The van der Waals surface area contributed by atoms with Crippen molar-refractivity contribution in [3.63, 3.8) is 0 Å². The summed E-state index contributed by atoms with van der Waals surface area (Å²) in [6.07, 6.45) is 8.96. The Balaban J connectivity index is 1.70. The van der Waals surface area contributed by atoms with E-state index in [0.29, 0.717) is 6.10 Å². The predicted octanol–water partition coefficient (Wildman–Crippen LogP) is 3.35. The van der Waals surface area contributed by atoms with Crippen LogP contribution in [0.1, 0.15) is 50.5 Å². The molecule has 2 saturated carbocycles. The van der Waals surface area contributed by atoms with E-state index < -0.39 is 0 Å². The number of benzene rings is 1. The van der Waals surface area contributed by atoms with Crippen molar-refractivity contribution in [1.82, 2.24) is 0 Å². The molecule has 0 radical (unpaired) electrons. The average molecular weight is 231 g/mol. The number of hydrogen-bond donors (Lipinski definition) is 1. The molecule has 2 aliphatic rings. The lowest BCUT2D eigenvalue weighted by molar-refractivity contribution is 0.120. The lowest BCUT2D eigenvalue weighted by Crippen LogP contribution is -2.33. The van der Waals surface area contributed by atoms with Gasteiger partial charge in [0, 0.05) is 5.54 Å². The quantitative estimate of drug-likeness (QED) is 0.866. The number of hydrogen-bond acceptors (Lipinski definition) is 2. The summed E-state index contributed by atoms with van der Waals surface area (Å²) in [6, 6.07) is 8.47. The van der Waals surface area contributed by atoms with Gasteiger partial charge in [0.25, 0.3) is 0 Å². The van der Waals surface area contributed by atoms with Crippen LogP contribution < -0.4 is 10.5 Å². The summed E-state index contributed by atoms with van der Waals surface area (Å²) in [5.41, 5.74) is 7.63. The van der Waals surface area contributed by atoms with E-state index in [1.165, 1.54) is 37.7 Å². The van der Waals surface area contributed by atoms with Crippen molar-refractivity contribution in [1.29, 1.82) is 0 Å². The third-order valence-corrected chi connectivity index (χ3v) is 4.28. The summed E-state index contributed by atoms with van der Waals surface area (Å²) in [5, 5.41) is 0. The largest absolute Gasteiger partial charge is 0.490 e. The van der Waals surface area contributed by atoms with Gasteiger partial charge in [-0.05, 0) is 49.8 Å². The zero-order valence-corrected chi connectivity index (χ0v) is 10.3. The highest BCUT2D eigenvalue weighted by Crippen LogP contribution is 2.37. The fourth-order valence-corrected chi connectivity index (χ4v) is 2.84. The molecule has 2 heteroatoms. The molecule has 0 unspecified atom stereocenters. The van der Waals surface area contributed by atoms with Crippen LogP contribution in [-0.2, 0) is 5.54 Å². The van der Waals surface area contributed by atoms with Gasteiger partial charge in [-0.15, -0.1) is 0 Å². The van der Waals surface area contributed by atoms with Gasteiger partial charge in [0.15, 0.2) is 0 Å². The normalized spacial score (nSPS) is 23.4. The van der Waals surface area contributed by atoms with Gasteiger partial charge in [0.05, 0.1) is 6.10 Å². The molecular weight excluding hydrogens is 210 g/mol. The van der Waals surface area contributed by atoms with E-state index in [0.717, 1.165) is 18.6 Å². The highest BCUT2D eigenvalue weighted by Gasteiger charge is 2.31. The van der Waals surface area contributed by atoms with Gasteiger partial charge in [-0.1, -0.05) is 25.0 Å². The van der Waals surface area contributed by atoms with Crippen LogP contribution in [0.25, 0.3) is 0 Å². The number of nitrogens with two attached hydrogens (primary N) is 1. The van der Waals surface area contributed by atoms with E-state index in [4.69, 9.17) is 10.5 Å². The van der Waals surface area contributed by atoms with Crippen molar-refractivity contribution < 1.29 is 4.74 Å². The molecule has 0 spiro atoms. The van der Waals surface area contributed by atoms with E-state index in [2.05, 4.69) is 24.3 Å². The topological polar surface area (TPSA) is 35.2 Å². The highest BCUT2D eigenvalue weighted by molar-refractivity contribution is 5.32. The van der Waals surface area contributed by atoms with Crippen molar-refractivity contribution in [2.45, 2.75) is 56.6 Å². The van der Waals surface area contributed by atoms with Crippen molar-refractivity contribution in [3.8, 4) is 5.75 Å². The highest BCUT2D eigenvalue weighted by atomic mass is 16.5. The molecule has 17 heavy (non-hydrogen) atoms. The Bertz CT molecular complexity index is 374. The first-order valence-electron chi connectivity index (χ1n) is 6.82. The van der Waals surface area contributed by atoms with Crippen LogP contribution >= 0.6 is 0 Å². The van der Waals surface area contributed by atoms with Gasteiger partial charge in [0.1, 0.15) is 5.75 Å². The van der Waals surface area contributed by atoms with Gasteiger partial charge in [0.2, 0.25) is 0 Å². The SMILES string of the molecule is NC1(c2ccc(OC3CCC3)cc2)CCCC1. The van der Waals surface area contributed by atoms with Gasteiger partial charge < -0.3 is 10.5 Å². The summed E-state index contributed by atoms with van der Waals surface area (Å²) in [7, 11) is 0.